The maximum Gasteiger partial charge on any atom is 0.140 e. The summed E-state index contributed by atoms with van der Waals surface area (Å²) in [6, 6.07) is 72.1. The zero-order valence-corrected chi connectivity index (χ0v) is 31.3. The largest absolute Gasteiger partial charge is 0.309 e. The molecule has 0 fully saturated rings. The minimum absolute atomic E-state index is 0.877. The molecule has 0 saturated heterocycles. The van der Waals surface area contributed by atoms with E-state index in [9.17, 15) is 0 Å². The molecule has 0 bridgehead atoms. The molecule has 5 aromatic heterocycles. The maximum atomic E-state index is 5.56. The van der Waals surface area contributed by atoms with E-state index in [1.807, 2.05) is 0 Å². The lowest BCUT2D eigenvalue weighted by Crippen LogP contribution is -2.03. The van der Waals surface area contributed by atoms with Gasteiger partial charge in [-0.15, -0.1) is 0 Å². The SMILES string of the molecule is c1ccc(-n2c3ccccc3c3c4c5ccccc5n(-c5cccc(-n6c7ccccc7c7c8c9ccccc9n(-c9ccccc9)c8ccc76)n5)c4ccc32)cc1. The van der Waals surface area contributed by atoms with Gasteiger partial charge in [-0.2, -0.15) is 0 Å². The average Bonchev–Trinajstić information content (AvgIpc) is 4.02. The summed E-state index contributed by atoms with van der Waals surface area (Å²) in [6.07, 6.45) is 0. The molecule has 5 heteroatoms. The molecule has 0 spiro atoms. The van der Waals surface area contributed by atoms with Crippen LogP contribution in [0.4, 0.5) is 0 Å². The van der Waals surface area contributed by atoms with E-state index < -0.39 is 0 Å². The van der Waals surface area contributed by atoms with Gasteiger partial charge in [-0.25, -0.2) is 4.98 Å². The number of benzene rings is 8. The predicted octanol–water partition coefficient (Wildman–Crippen LogP) is 13.5. The van der Waals surface area contributed by atoms with Gasteiger partial charge < -0.3 is 9.13 Å². The Kier molecular flexibility index (Phi) is 6.38. The summed E-state index contributed by atoms with van der Waals surface area (Å²) in [6.45, 7) is 0. The Hall–Kier alpha value is -7.89. The van der Waals surface area contributed by atoms with Crippen LogP contribution in [0, 0.1) is 0 Å². The molecule has 13 rings (SSSR count). The van der Waals surface area contributed by atoms with Gasteiger partial charge >= 0.3 is 0 Å². The van der Waals surface area contributed by atoms with Crippen LogP contribution in [0.15, 0.2) is 200 Å². The highest BCUT2D eigenvalue weighted by atomic mass is 15.1. The Balaban J connectivity index is 1.09. The second-order valence-corrected chi connectivity index (χ2v) is 15.1. The highest BCUT2D eigenvalue weighted by molar-refractivity contribution is 6.30. The van der Waals surface area contributed by atoms with E-state index in [4.69, 9.17) is 4.98 Å². The molecular weight excluding hydrogens is 707 g/mol. The lowest BCUT2D eigenvalue weighted by atomic mass is 10.1. The number of aromatic nitrogens is 5. The van der Waals surface area contributed by atoms with Crippen LogP contribution < -0.4 is 0 Å². The molecular formula is C53H33N5. The molecule has 0 aliphatic rings. The molecule has 13 aromatic rings. The summed E-state index contributed by atoms with van der Waals surface area (Å²) < 4.78 is 9.49. The van der Waals surface area contributed by atoms with Crippen molar-refractivity contribution in [3.63, 3.8) is 0 Å². The third kappa shape index (κ3) is 4.17. The highest BCUT2D eigenvalue weighted by Crippen LogP contribution is 2.44. The van der Waals surface area contributed by atoms with E-state index >= 15 is 0 Å². The van der Waals surface area contributed by atoms with Crippen molar-refractivity contribution in [1.29, 1.82) is 0 Å². The molecule has 0 unspecified atom stereocenters. The Bertz CT molecular complexity index is 3540. The number of hydrogen-bond acceptors (Lipinski definition) is 1. The maximum absolute atomic E-state index is 5.56. The van der Waals surface area contributed by atoms with Crippen molar-refractivity contribution in [1.82, 2.24) is 23.3 Å². The van der Waals surface area contributed by atoms with Gasteiger partial charge in [0.05, 0.1) is 44.1 Å². The third-order valence-electron chi connectivity index (χ3n) is 12.2. The molecule has 5 heterocycles. The van der Waals surface area contributed by atoms with E-state index in [1.54, 1.807) is 0 Å². The normalized spacial score (nSPS) is 12.1. The van der Waals surface area contributed by atoms with E-state index in [0.717, 1.165) is 45.1 Å². The topological polar surface area (TPSA) is 32.6 Å². The molecule has 0 amide bonds. The van der Waals surface area contributed by atoms with Gasteiger partial charge in [0.25, 0.3) is 0 Å². The van der Waals surface area contributed by atoms with Crippen LogP contribution in [0.25, 0.3) is 110 Å². The van der Waals surface area contributed by atoms with Crippen molar-refractivity contribution in [2.45, 2.75) is 0 Å². The summed E-state index contributed by atoms with van der Waals surface area (Å²) >= 11 is 0. The molecule has 0 aliphatic carbocycles. The van der Waals surface area contributed by atoms with Crippen LogP contribution in [-0.2, 0) is 0 Å². The first kappa shape index (κ1) is 31.3. The summed E-state index contributed by atoms with van der Waals surface area (Å²) in [5.74, 6) is 1.75. The van der Waals surface area contributed by atoms with Gasteiger partial charge in [-0.3, -0.25) is 9.13 Å². The molecule has 0 radical (unpaired) electrons. The Morgan fingerprint density at radius 3 is 0.879 bits per heavy atom. The van der Waals surface area contributed by atoms with Crippen molar-refractivity contribution >= 4 is 87.2 Å². The van der Waals surface area contributed by atoms with Crippen molar-refractivity contribution < 1.29 is 0 Å². The van der Waals surface area contributed by atoms with Crippen molar-refractivity contribution in [2.75, 3.05) is 0 Å². The van der Waals surface area contributed by atoms with Crippen molar-refractivity contribution in [3.8, 4) is 23.0 Å². The second kappa shape index (κ2) is 11.8. The Labute approximate surface area is 332 Å². The van der Waals surface area contributed by atoms with Gasteiger partial charge in [0.2, 0.25) is 0 Å². The van der Waals surface area contributed by atoms with Gasteiger partial charge in [0, 0.05) is 54.5 Å². The number of nitrogens with zero attached hydrogens (tertiary/aromatic N) is 5. The number of hydrogen-bond donors (Lipinski definition) is 0. The first-order chi connectivity index (χ1) is 28.8. The number of fused-ring (bicyclic) bond motifs is 14. The molecule has 0 atom stereocenters. The van der Waals surface area contributed by atoms with Crippen LogP contribution in [0.2, 0.25) is 0 Å². The Morgan fingerprint density at radius 1 is 0.224 bits per heavy atom. The lowest BCUT2D eigenvalue weighted by molar-refractivity contribution is 1.01. The molecule has 58 heavy (non-hydrogen) atoms. The van der Waals surface area contributed by atoms with Crippen LogP contribution in [0.1, 0.15) is 0 Å². The first-order valence-corrected chi connectivity index (χ1v) is 19.8. The van der Waals surface area contributed by atoms with Crippen LogP contribution in [0.3, 0.4) is 0 Å². The van der Waals surface area contributed by atoms with E-state index in [0.29, 0.717) is 0 Å². The zero-order chi connectivity index (χ0) is 37.9. The van der Waals surface area contributed by atoms with Gasteiger partial charge in [0.15, 0.2) is 0 Å². The van der Waals surface area contributed by atoms with Crippen molar-refractivity contribution in [3.05, 3.63) is 200 Å². The fourth-order valence-electron chi connectivity index (χ4n) is 9.90. The monoisotopic (exact) mass is 739 g/mol. The number of rotatable bonds is 4. The van der Waals surface area contributed by atoms with Crippen LogP contribution in [0.5, 0.6) is 0 Å². The summed E-state index contributed by atoms with van der Waals surface area (Å²) in [5.41, 5.74) is 11.6. The second-order valence-electron chi connectivity index (χ2n) is 15.1. The first-order valence-electron chi connectivity index (χ1n) is 19.8. The molecule has 8 aromatic carbocycles. The number of pyridine rings is 1. The average molecular weight is 740 g/mol. The van der Waals surface area contributed by atoms with E-state index in [1.165, 1.54) is 65.2 Å². The van der Waals surface area contributed by atoms with Gasteiger partial charge in [-0.05, 0) is 84.9 Å². The fourth-order valence-corrected chi connectivity index (χ4v) is 9.90. The lowest BCUT2D eigenvalue weighted by Gasteiger charge is -2.12. The summed E-state index contributed by atoms with van der Waals surface area (Å²) in [4.78, 5) is 5.56. The zero-order valence-electron chi connectivity index (χ0n) is 31.3. The molecule has 0 saturated carbocycles. The quantitative estimate of drug-likeness (QED) is 0.177. The third-order valence-corrected chi connectivity index (χ3v) is 12.2. The summed E-state index contributed by atoms with van der Waals surface area (Å²) in [5, 5.41) is 9.87. The smallest absolute Gasteiger partial charge is 0.140 e. The van der Waals surface area contributed by atoms with E-state index in [-0.39, 0.29) is 0 Å². The van der Waals surface area contributed by atoms with E-state index in [2.05, 4.69) is 218 Å². The van der Waals surface area contributed by atoms with Gasteiger partial charge in [0.1, 0.15) is 11.6 Å². The fraction of sp³-hybridized carbons (Fsp3) is 0. The molecule has 270 valence electrons. The highest BCUT2D eigenvalue weighted by Gasteiger charge is 2.23. The minimum Gasteiger partial charge on any atom is -0.309 e. The molecule has 0 aliphatic heterocycles. The molecule has 5 nitrogen and oxygen atoms in total. The van der Waals surface area contributed by atoms with Gasteiger partial charge in [-0.1, -0.05) is 115 Å². The standard InChI is InChI=1S/C53H33N5/c1-3-16-34(17-4-1)55-40-24-11-7-20-36(40)50-44(55)30-32-46-52(50)38-22-9-13-26-42(38)57(46)48-28-15-29-49(54-48)58-43-27-14-10-23-39(43)53-47(58)33-31-45-51(53)37-21-8-12-25-41(37)56(45)35-18-5-2-6-19-35/h1-33H. The Morgan fingerprint density at radius 2 is 0.517 bits per heavy atom. The minimum atomic E-state index is 0.877. The number of para-hydroxylation sites is 6. The van der Waals surface area contributed by atoms with Crippen LogP contribution >= 0.6 is 0 Å². The predicted molar refractivity (Wildman–Crippen MR) is 242 cm³/mol. The van der Waals surface area contributed by atoms with Crippen molar-refractivity contribution in [2.24, 2.45) is 0 Å². The van der Waals surface area contributed by atoms with Crippen LogP contribution in [-0.4, -0.2) is 23.3 Å². The summed E-state index contributed by atoms with van der Waals surface area (Å²) in [7, 11) is 0. The molecule has 0 N–H and O–H groups in total.